The van der Waals surface area contributed by atoms with E-state index in [0.29, 0.717) is 0 Å². The maximum absolute atomic E-state index is 4.06. The Kier molecular flexibility index (Phi) is 16.8. The first-order valence-corrected chi connectivity index (χ1v) is 12.8. The lowest BCUT2D eigenvalue weighted by molar-refractivity contribution is 0.690. The van der Waals surface area contributed by atoms with Crippen molar-refractivity contribution in [3.8, 4) is 0 Å². The second kappa shape index (κ2) is 20.1. The molecule has 1 aromatic carbocycles. The molecule has 192 valence electrons. The van der Waals surface area contributed by atoms with Crippen molar-refractivity contribution in [2.75, 3.05) is 0 Å². The largest absolute Gasteiger partial charge is 0.385 e. The number of benzene rings is 1. The van der Waals surface area contributed by atoms with E-state index in [1.54, 1.807) is 6.08 Å². The standard InChI is InChI=1S/C36H43N/c1-7-12-14-16-22-32(9-3)27-20-28-37-36(11-5)30-35(31(6)21-13-8-2)29-33(10-4)25-19-26-34-23-17-15-18-24-34/h7-26,28-29,32,36-37H,1,3-5,27,30H2,2,6H3/b13-8-,14-12-,22-16+,26-19+,28-20+,31-21+,33-25+,35-29-. The van der Waals surface area contributed by atoms with Crippen molar-refractivity contribution < 1.29 is 0 Å². The van der Waals surface area contributed by atoms with Crippen LogP contribution in [0.3, 0.4) is 0 Å². The van der Waals surface area contributed by atoms with Crippen molar-refractivity contribution >= 4 is 6.08 Å². The highest BCUT2D eigenvalue weighted by atomic mass is 14.9. The molecule has 1 heteroatoms. The van der Waals surface area contributed by atoms with E-state index in [2.05, 4.69) is 99.3 Å². The molecule has 1 rings (SSSR count). The summed E-state index contributed by atoms with van der Waals surface area (Å²) in [4.78, 5) is 0. The normalized spacial score (nSPS) is 15.1. The monoisotopic (exact) mass is 489 g/mol. The maximum Gasteiger partial charge on any atom is 0.0476 e. The molecule has 1 aromatic rings. The summed E-state index contributed by atoms with van der Waals surface area (Å²) in [5.41, 5.74) is 4.66. The summed E-state index contributed by atoms with van der Waals surface area (Å²) >= 11 is 0. The molecule has 1 nitrogen and oxygen atoms in total. The van der Waals surface area contributed by atoms with Crippen LogP contribution in [0.4, 0.5) is 0 Å². The first kappa shape index (κ1) is 30.9. The molecular formula is C36H43N. The molecule has 0 heterocycles. The van der Waals surface area contributed by atoms with Gasteiger partial charge in [0.15, 0.2) is 0 Å². The van der Waals surface area contributed by atoms with Gasteiger partial charge in [0.25, 0.3) is 0 Å². The molecule has 2 atom stereocenters. The summed E-state index contributed by atoms with van der Waals surface area (Å²) < 4.78 is 0. The highest BCUT2D eigenvalue weighted by molar-refractivity contribution is 5.53. The Morgan fingerprint density at radius 3 is 2.35 bits per heavy atom. The lowest BCUT2D eigenvalue weighted by Crippen LogP contribution is -2.22. The van der Waals surface area contributed by atoms with Gasteiger partial charge in [0.1, 0.15) is 0 Å². The highest BCUT2D eigenvalue weighted by Gasteiger charge is 2.08. The molecule has 0 aromatic heterocycles. The number of hydrogen-bond acceptors (Lipinski definition) is 1. The van der Waals surface area contributed by atoms with Gasteiger partial charge < -0.3 is 5.32 Å². The average Bonchev–Trinajstić information content (AvgIpc) is 2.93. The minimum atomic E-state index is 0.0932. The third-order valence-corrected chi connectivity index (χ3v) is 5.58. The SMILES string of the molecule is C=C/C=C\C=C\C(C=C)C/C=C/NC(C=C)CC(=C/C(C=C)=C/C=C/c1ccccc1)/C(C)=C/C=C\C. The van der Waals surface area contributed by atoms with Crippen molar-refractivity contribution in [2.45, 2.75) is 32.7 Å². The molecule has 0 saturated carbocycles. The average molecular weight is 490 g/mol. The van der Waals surface area contributed by atoms with E-state index in [-0.39, 0.29) is 12.0 Å². The zero-order chi connectivity index (χ0) is 27.1. The van der Waals surface area contributed by atoms with E-state index >= 15 is 0 Å². The quantitative estimate of drug-likeness (QED) is 0.170. The summed E-state index contributed by atoms with van der Waals surface area (Å²) in [5.74, 6) is 0.278. The Balaban J connectivity index is 3.00. The van der Waals surface area contributed by atoms with E-state index in [9.17, 15) is 0 Å². The minimum Gasteiger partial charge on any atom is -0.385 e. The Hall–Kier alpha value is -4.10. The van der Waals surface area contributed by atoms with Crippen molar-refractivity contribution in [3.63, 3.8) is 0 Å². The van der Waals surface area contributed by atoms with Gasteiger partial charge in [-0.15, -0.1) is 13.2 Å². The van der Waals surface area contributed by atoms with Gasteiger partial charge in [-0.2, -0.15) is 0 Å². The molecule has 0 bridgehead atoms. The van der Waals surface area contributed by atoms with E-state index in [1.807, 2.05) is 73.9 Å². The van der Waals surface area contributed by atoms with E-state index in [1.165, 1.54) is 16.7 Å². The van der Waals surface area contributed by atoms with E-state index in [4.69, 9.17) is 0 Å². The fourth-order valence-electron chi connectivity index (χ4n) is 3.36. The molecule has 0 spiro atoms. The van der Waals surface area contributed by atoms with Crippen molar-refractivity contribution in [2.24, 2.45) is 5.92 Å². The topological polar surface area (TPSA) is 12.0 Å². The van der Waals surface area contributed by atoms with Crippen LogP contribution >= 0.6 is 0 Å². The molecule has 0 aliphatic heterocycles. The van der Waals surface area contributed by atoms with Crippen molar-refractivity contribution in [1.82, 2.24) is 5.32 Å². The Morgan fingerprint density at radius 2 is 1.70 bits per heavy atom. The van der Waals surface area contributed by atoms with Crippen LogP contribution in [0.15, 0.2) is 171 Å². The van der Waals surface area contributed by atoms with Crippen LogP contribution in [0.2, 0.25) is 0 Å². The summed E-state index contributed by atoms with van der Waals surface area (Å²) in [7, 11) is 0. The van der Waals surface area contributed by atoms with Crippen LogP contribution in [-0.2, 0) is 0 Å². The predicted octanol–water partition coefficient (Wildman–Crippen LogP) is 9.80. The van der Waals surface area contributed by atoms with Crippen LogP contribution in [0.5, 0.6) is 0 Å². The summed E-state index contributed by atoms with van der Waals surface area (Å²) in [6.45, 7) is 19.9. The fourth-order valence-corrected chi connectivity index (χ4v) is 3.36. The van der Waals surface area contributed by atoms with Crippen LogP contribution in [0.1, 0.15) is 32.3 Å². The molecular weight excluding hydrogens is 446 g/mol. The molecule has 0 saturated heterocycles. The summed E-state index contributed by atoms with van der Waals surface area (Å²) in [6.07, 6.45) is 36.2. The van der Waals surface area contributed by atoms with Gasteiger partial charge in [-0.25, -0.2) is 0 Å². The van der Waals surface area contributed by atoms with Gasteiger partial charge in [0.2, 0.25) is 0 Å². The van der Waals surface area contributed by atoms with E-state index in [0.717, 1.165) is 18.4 Å². The number of allylic oxidation sites excluding steroid dienone is 16. The van der Waals surface area contributed by atoms with Gasteiger partial charge >= 0.3 is 0 Å². The van der Waals surface area contributed by atoms with Crippen molar-refractivity contribution in [3.05, 3.63) is 176 Å². The highest BCUT2D eigenvalue weighted by Crippen LogP contribution is 2.20. The summed E-state index contributed by atoms with van der Waals surface area (Å²) in [5, 5.41) is 3.49. The fraction of sp³-hybridized carbons (Fsp3) is 0.167. The minimum absolute atomic E-state index is 0.0932. The number of rotatable bonds is 17. The Bertz CT molecular complexity index is 1080. The predicted molar refractivity (Wildman–Crippen MR) is 168 cm³/mol. The molecule has 0 fully saturated rings. The van der Waals surface area contributed by atoms with Crippen molar-refractivity contribution in [1.29, 1.82) is 0 Å². The zero-order valence-corrected chi connectivity index (χ0v) is 22.6. The zero-order valence-electron chi connectivity index (χ0n) is 22.6. The molecule has 2 unspecified atom stereocenters. The van der Waals surface area contributed by atoms with Gasteiger partial charge in [-0.3, -0.25) is 0 Å². The molecule has 1 N–H and O–H groups in total. The second-order valence-electron chi connectivity index (χ2n) is 8.44. The van der Waals surface area contributed by atoms with Crippen LogP contribution in [-0.4, -0.2) is 6.04 Å². The smallest absolute Gasteiger partial charge is 0.0476 e. The molecule has 0 amide bonds. The van der Waals surface area contributed by atoms with Crippen LogP contribution in [0, 0.1) is 5.92 Å². The van der Waals surface area contributed by atoms with E-state index < -0.39 is 0 Å². The van der Waals surface area contributed by atoms with Gasteiger partial charge in [-0.05, 0) is 61.1 Å². The first-order chi connectivity index (χ1) is 18.1. The molecule has 0 aliphatic rings. The lowest BCUT2D eigenvalue weighted by Gasteiger charge is -2.17. The Morgan fingerprint density at radius 1 is 0.919 bits per heavy atom. The molecule has 0 aliphatic carbocycles. The second-order valence-corrected chi connectivity index (χ2v) is 8.44. The first-order valence-electron chi connectivity index (χ1n) is 12.8. The maximum atomic E-state index is 4.06. The molecule has 0 radical (unpaired) electrons. The molecule has 37 heavy (non-hydrogen) atoms. The Labute approximate surface area is 226 Å². The van der Waals surface area contributed by atoms with Crippen LogP contribution < -0.4 is 5.32 Å². The lowest BCUT2D eigenvalue weighted by atomic mass is 9.96. The summed E-state index contributed by atoms with van der Waals surface area (Å²) in [6, 6.07) is 10.4. The third kappa shape index (κ3) is 14.1. The van der Waals surface area contributed by atoms with Gasteiger partial charge in [0, 0.05) is 6.04 Å². The third-order valence-electron chi connectivity index (χ3n) is 5.58. The number of nitrogens with one attached hydrogen (secondary N) is 1. The van der Waals surface area contributed by atoms with Crippen LogP contribution in [0.25, 0.3) is 6.08 Å². The van der Waals surface area contributed by atoms with Gasteiger partial charge in [-0.1, -0.05) is 141 Å². The van der Waals surface area contributed by atoms with Gasteiger partial charge in [0.05, 0.1) is 0 Å². The number of hydrogen-bond donors (Lipinski definition) is 1.